The molecule has 2 N–H and O–H groups in total. The van der Waals surface area contributed by atoms with Crippen LogP contribution >= 0.6 is 15.9 Å². The SMILES string of the molecule is C=C(Br)C[C@@H](NC(=O)c1cccc([N+](=O)[O-])c1)C(=O)O. The van der Waals surface area contributed by atoms with Gasteiger partial charge in [-0.05, 0) is 10.5 Å². The topological polar surface area (TPSA) is 110 Å². The molecule has 0 aliphatic rings. The van der Waals surface area contributed by atoms with E-state index in [1.807, 2.05) is 0 Å². The van der Waals surface area contributed by atoms with Crippen molar-refractivity contribution in [2.24, 2.45) is 0 Å². The summed E-state index contributed by atoms with van der Waals surface area (Å²) in [5, 5.41) is 21.9. The molecule has 0 saturated carbocycles. The van der Waals surface area contributed by atoms with E-state index in [9.17, 15) is 19.7 Å². The average Bonchev–Trinajstić information content (AvgIpc) is 2.37. The maximum atomic E-state index is 11.9. The van der Waals surface area contributed by atoms with Crippen LogP contribution in [0.5, 0.6) is 0 Å². The molecule has 106 valence electrons. The quantitative estimate of drug-likeness (QED) is 0.607. The van der Waals surface area contributed by atoms with Crippen LogP contribution in [-0.4, -0.2) is 27.9 Å². The Labute approximate surface area is 122 Å². The van der Waals surface area contributed by atoms with Crippen LogP contribution < -0.4 is 5.32 Å². The summed E-state index contributed by atoms with van der Waals surface area (Å²) < 4.78 is 0.421. The fraction of sp³-hybridized carbons (Fsp3) is 0.167. The monoisotopic (exact) mass is 342 g/mol. The van der Waals surface area contributed by atoms with Crippen LogP contribution in [0, 0.1) is 10.1 Å². The number of amides is 1. The van der Waals surface area contributed by atoms with Gasteiger partial charge in [-0.25, -0.2) is 4.79 Å². The summed E-state index contributed by atoms with van der Waals surface area (Å²) >= 11 is 3.02. The summed E-state index contributed by atoms with van der Waals surface area (Å²) in [6.45, 7) is 3.51. The van der Waals surface area contributed by atoms with E-state index in [1.165, 1.54) is 18.2 Å². The Balaban J connectivity index is 2.88. The number of rotatable bonds is 6. The van der Waals surface area contributed by atoms with E-state index in [0.29, 0.717) is 4.48 Å². The largest absolute Gasteiger partial charge is 0.480 e. The Hall–Kier alpha value is -2.22. The number of non-ortho nitro benzene ring substituents is 1. The van der Waals surface area contributed by atoms with E-state index in [0.717, 1.165) is 6.07 Å². The minimum absolute atomic E-state index is 0.00992. The number of carbonyl (C=O) groups is 2. The second kappa shape index (κ2) is 6.80. The summed E-state index contributed by atoms with van der Waals surface area (Å²) in [5.74, 6) is -1.92. The molecule has 0 aliphatic heterocycles. The van der Waals surface area contributed by atoms with Crippen molar-refractivity contribution in [3.05, 3.63) is 51.0 Å². The van der Waals surface area contributed by atoms with E-state index in [-0.39, 0.29) is 17.7 Å². The highest BCUT2D eigenvalue weighted by atomic mass is 79.9. The first-order valence-corrected chi connectivity index (χ1v) is 6.22. The first kappa shape index (κ1) is 15.8. The van der Waals surface area contributed by atoms with Crippen LogP contribution in [0.2, 0.25) is 0 Å². The van der Waals surface area contributed by atoms with Gasteiger partial charge in [0.2, 0.25) is 0 Å². The number of carboxylic acids is 1. The second-order valence-corrected chi connectivity index (χ2v) is 5.01. The van der Waals surface area contributed by atoms with Gasteiger partial charge in [0.25, 0.3) is 11.6 Å². The summed E-state index contributed by atoms with van der Waals surface area (Å²) in [4.78, 5) is 32.8. The van der Waals surface area contributed by atoms with Gasteiger partial charge in [-0.1, -0.05) is 28.6 Å². The number of carboxylic acid groups (broad SMARTS) is 1. The van der Waals surface area contributed by atoms with Crippen LogP contribution in [0.1, 0.15) is 16.8 Å². The molecule has 0 unspecified atom stereocenters. The smallest absolute Gasteiger partial charge is 0.326 e. The molecule has 0 aliphatic carbocycles. The zero-order chi connectivity index (χ0) is 15.3. The second-order valence-electron chi connectivity index (χ2n) is 3.89. The van der Waals surface area contributed by atoms with Gasteiger partial charge in [-0.2, -0.15) is 0 Å². The summed E-state index contributed by atoms with van der Waals surface area (Å²) in [6.07, 6.45) is 0.00992. The van der Waals surface area contributed by atoms with Crippen LogP contribution in [0.15, 0.2) is 35.3 Å². The molecule has 0 saturated heterocycles. The van der Waals surface area contributed by atoms with Crippen molar-refractivity contribution in [1.82, 2.24) is 5.32 Å². The van der Waals surface area contributed by atoms with E-state index in [4.69, 9.17) is 5.11 Å². The van der Waals surface area contributed by atoms with Crippen LogP contribution in [-0.2, 0) is 4.79 Å². The molecule has 0 radical (unpaired) electrons. The summed E-state index contributed by atoms with van der Waals surface area (Å²) in [5.41, 5.74) is -0.222. The molecular formula is C12H11BrN2O5. The van der Waals surface area contributed by atoms with Gasteiger partial charge >= 0.3 is 5.97 Å². The zero-order valence-corrected chi connectivity index (χ0v) is 11.8. The molecule has 1 aromatic rings. The molecule has 0 spiro atoms. The highest BCUT2D eigenvalue weighted by molar-refractivity contribution is 9.11. The van der Waals surface area contributed by atoms with Gasteiger partial charge < -0.3 is 10.4 Å². The highest BCUT2D eigenvalue weighted by Gasteiger charge is 2.21. The molecule has 0 fully saturated rings. The number of nitrogens with zero attached hydrogens (tertiary/aromatic N) is 1. The van der Waals surface area contributed by atoms with Gasteiger partial charge in [-0.3, -0.25) is 14.9 Å². The number of carbonyl (C=O) groups excluding carboxylic acids is 1. The summed E-state index contributed by atoms with van der Waals surface area (Å²) in [7, 11) is 0. The van der Waals surface area contributed by atoms with Gasteiger partial charge in [0.05, 0.1) is 4.92 Å². The Morgan fingerprint density at radius 1 is 1.50 bits per heavy atom. The van der Waals surface area contributed by atoms with Gasteiger partial charge in [0.1, 0.15) is 6.04 Å². The van der Waals surface area contributed by atoms with Crippen molar-refractivity contribution in [2.75, 3.05) is 0 Å². The molecule has 1 atom stereocenters. The molecule has 0 heterocycles. The van der Waals surface area contributed by atoms with Crippen molar-refractivity contribution >= 4 is 33.5 Å². The number of hydrogen-bond acceptors (Lipinski definition) is 4. The van der Waals surface area contributed by atoms with Crippen molar-refractivity contribution in [3.63, 3.8) is 0 Å². The van der Waals surface area contributed by atoms with E-state index in [1.54, 1.807) is 0 Å². The number of aliphatic carboxylic acids is 1. The lowest BCUT2D eigenvalue weighted by molar-refractivity contribution is -0.384. The van der Waals surface area contributed by atoms with Crippen molar-refractivity contribution in [2.45, 2.75) is 12.5 Å². The molecule has 8 heteroatoms. The van der Waals surface area contributed by atoms with Crippen molar-refractivity contribution < 1.29 is 19.6 Å². The third-order valence-electron chi connectivity index (χ3n) is 2.35. The predicted molar refractivity (Wildman–Crippen MR) is 74.7 cm³/mol. The van der Waals surface area contributed by atoms with Gasteiger partial charge in [0.15, 0.2) is 0 Å². The first-order valence-electron chi connectivity index (χ1n) is 5.42. The fourth-order valence-corrected chi connectivity index (χ4v) is 1.75. The third kappa shape index (κ3) is 4.47. The van der Waals surface area contributed by atoms with Crippen molar-refractivity contribution in [3.8, 4) is 0 Å². The van der Waals surface area contributed by atoms with E-state index in [2.05, 4.69) is 27.8 Å². The van der Waals surface area contributed by atoms with Gasteiger partial charge in [0, 0.05) is 24.1 Å². The molecule has 1 amide bonds. The standard InChI is InChI=1S/C12H11BrN2O5/c1-7(13)5-10(12(17)18)14-11(16)8-3-2-4-9(6-8)15(19)20/h2-4,6,10H,1,5H2,(H,14,16)(H,17,18)/t10-/m1/s1. The molecule has 1 aromatic carbocycles. The van der Waals surface area contributed by atoms with Crippen molar-refractivity contribution in [1.29, 1.82) is 0 Å². The van der Waals surface area contributed by atoms with E-state index < -0.39 is 22.8 Å². The number of hydrogen-bond donors (Lipinski definition) is 2. The molecule has 0 aromatic heterocycles. The van der Waals surface area contributed by atoms with Gasteiger partial charge in [-0.15, -0.1) is 0 Å². The number of nitro groups is 1. The maximum Gasteiger partial charge on any atom is 0.326 e. The minimum atomic E-state index is -1.22. The lowest BCUT2D eigenvalue weighted by Gasteiger charge is -2.13. The lowest BCUT2D eigenvalue weighted by Crippen LogP contribution is -2.40. The zero-order valence-electron chi connectivity index (χ0n) is 10.2. The average molecular weight is 343 g/mol. The van der Waals surface area contributed by atoms with E-state index >= 15 is 0 Å². The Bertz CT molecular complexity index is 573. The number of benzene rings is 1. The Morgan fingerprint density at radius 2 is 2.15 bits per heavy atom. The fourth-order valence-electron chi connectivity index (χ4n) is 1.42. The first-order chi connectivity index (χ1) is 9.31. The summed E-state index contributed by atoms with van der Waals surface area (Å²) in [6, 6.07) is 3.88. The van der Waals surface area contributed by atoms with Crippen LogP contribution in [0.3, 0.4) is 0 Å². The molecule has 7 nitrogen and oxygen atoms in total. The number of nitrogens with one attached hydrogen (secondary N) is 1. The number of nitro benzene ring substituents is 1. The molecular weight excluding hydrogens is 332 g/mol. The molecule has 0 bridgehead atoms. The Morgan fingerprint density at radius 3 is 2.65 bits per heavy atom. The van der Waals surface area contributed by atoms with Crippen LogP contribution in [0.25, 0.3) is 0 Å². The predicted octanol–water partition coefficient (Wildman–Crippen LogP) is 2.08. The minimum Gasteiger partial charge on any atom is -0.480 e. The Kier molecular flexibility index (Phi) is 5.39. The lowest BCUT2D eigenvalue weighted by atomic mass is 10.1. The maximum absolute atomic E-state index is 11.9. The number of halogens is 1. The molecule has 20 heavy (non-hydrogen) atoms. The highest BCUT2D eigenvalue weighted by Crippen LogP contribution is 2.14. The third-order valence-corrected chi connectivity index (χ3v) is 2.67. The normalized spacial score (nSPS) is 11.4. The van der Waals surface area contributed by atoms with Crippen LogP contribution in [0.4, 0.5) is 5.69 Å². The molecule has 1 rings (SSSR count).